The highest BCUT2D eigenvalue weighted by molar-refractivity contribution is 9.10. The fraction of sp³-hybridized carbons (Fsp3) is 0.462. The van der Waals surface area contributed by atoms with Gasteiger partial charge in [0, 0.05) is 10.5 Å². The molecule has 0 heterocycles. The Hall–Kier alpha value is -0.900. The highest BCUT2D eigenvalue weighted by Crippen LogP contribution is 2.27. The Bertz CT molecular complexity index is 394. The minimum absolute atomic E-state index is 0.0224. The fourth-order valence-corrected chi connectivity index (χ4v) is 2.57. The number of ether oxygens (including phenoxy) is 1. The minimum Gasteiger partial charge on any atom is -0.426 e. The summed E-state index contributed by atoms with van der Waals surface area (Å²) in [4.78, 5) is 11.8. The summed E-state index contributed by atoms with van der Waals surface area (Å²) in [5.41, 5.74) is 0. The van der Waals surface area contributed by atoms with Crippen molar-refractivity contribution < 1.29 is 13.9 Å². The van der Waals surface area contributed by atoms with Crippen LogP contribution in [0.25, 0.3) is 0 Å². The molecular formula is C13H14BrFO2. The normalized spacial score (nSPS) is 16.8. The maximum absolute atomic E-state index is 13.1. The van der Waals surface area contributed by atoms with E-state index in [0.29, 0.717) is 4.47 Å². The van der Waals surface area contributed by atoms with Crippen LogP contribution in [0.2, 0.25) is 0 Å². The lowest BCUT2D eigenvalue weighted by Gasteiger charge is -2.19. The van der Waals surface area contributed by atoms with E-state index in [2.05, 4.69) is 15.9 Å². The van der Waals surface area contributed by atoms with E-state index in [1.54, 1.807) is 6.07 Å². The van der Waals surface area contributed by atoms with Crippen molar-refractivity contribution in [3.63, 3.8) is 0 Å². The van der Waals surface area contributed by atoms with Crippen LogP contribution in [0.4, 0.5) is 4.39 Å². The third kappa shape index (κ3) is 3.53. The largest absolute Gasteiger partial charge is 0.426 e. The predicted octanol–water partition coefficient (Wildman–Crippen LogP) is 4.07. The molecule has 0 saturated heterocycles. The van der Waals surface area contributed by atoms with Crippen LogP contribution in [-0.4, -0.2) is 5.97 Å². The number of carbonyl (C=O) groups excluding carboxylic acids is 1. The van der Waals surface area contributed by atoms with Gasteiger partial charge in [0.1, 0.15) is 11.6 Å². The van der Waals surface area contributed by atoms with Gasteiger partial charge in [0.2, 0.25) is 0 Å². The third-order valence-electron chi connectivity index (χ3n) is 2.99. The van der Waals surface area contributed by atoms with E-state index in [-0.39, 0.29) is 17.6 Å². The van der Waals surface area contributed by atoms with Gasteiger partial charge >= 0.3 is 5.97 Å². The van der Waals surface area contributed by atoms with Crippen molar-refractivity contribution in [1.82, 2.24) is 0 Å². The van der Waals surface area contributed by atoms with Crippen LogP contribution >= 0.6 is 15.9 Å². The lowest BCUT2D eigenvalue weighted by Crippen LogP contribution is -2.22. The molecule has 1 aromatic rings. The first-order chi connectivity index (χ1) is 8.15. The summed E-state index contributed by atoms with van der Waals surface area (Å²) in [5.74, 6) is -0.397. The lowest BCUT2D eigenvalue weighted by molar-refractivity contribution is -0.139. The van der Waals surface area contributed by atoms with E-state index in [4.69, 9.17) is 4.74 Å². The Labute approximate surface area is 108 Å². The van der Waals surface area contributed by atoms with Crippen molar-refractivity contribution in [2.75, 3.05) is 0 Å². The number of esters is 1. The van der Waals surface area contributed by atoms with E-state index in [0.717, 1.165) is 25.7 Å². The van der Waals surface area contributed by atoms with Gasteiger partial charge in [-0.3, -0.25) is 4.79 Å². The van der Waals surface area contributed by atoms with Crippen LogP contribution in [0.1, 0.15) is 32.1 Å². The summed E-state index contributed by atoms with van der Waals surface area (Å²) in [6, 6.07) is 4.16. The number of halogens is 2. The van der Waals surface area contributed by atoms with Gasteiger partial charge < -0.3 is 4.74 Å². The zero-order valence-corrected chi connectivity index (χ0v) is 11.0. The quantitative estimate of drug-likeness (QED) is 0.608. The van der Waals surface area contributed by atoms with Crippen LogP contribution in [-0.2, 0) is 4.79 Å². The first kappa shape index (κ1) is 12.6. The summed E-state index contributed by atoms with van der Waals surface area (Å²) < 4.78 is 18.9. The first-order valence-electron chi connectivity index (χ1n) is 5.83. The topological polar surface area (TPSA) is 26.3 Å². The van der Waals surface area contributed by atoms with Gasteiger partial charge in [-0.1, -0.05) is 35.2 Å². The van der Waals surface area contributed by atoms with Gasteiger partial charge in [-0.25, -0.2) is 4.39 Å². The van der Waals surface area contributed by atoms with Crippen LogP contribution in [0, 0.1) is 11.7 Å². The molecule has 0 amide bonds. The molecule has 92 valence electrons. The number of benzene rings is 1. The molecule has 1 fully saturated rings. The Balaban J connectivity index is 2.01. The van der Waals surface area contributed by atoms with Crippen LogP contribution in [0.5, 0.6) is 5.75 Å². The predicted molar refractivity (Wildman–Crippen MR) is 66.3 cm³/mol. The number of carbonyl (C=O) groups is 1. The zero-order chi connectivity index (χ0) is 12.3. The number of hydrogen-bond acceptors (Lipinski definition) is 2. The lowest BCUT2D eigenvalue weighted by atomic mass is 9.89. The van der Waals surface area contributed by atoms with Crippen molar-refractivity contribution in [2.24, 2.45) is 5.92 Å². The summed E-state index contributed by atoms with van der Waals surface area (Å²) in [5, 5.41) is 0. The van der Waals surface area contributed by atoms with Crippen molar-refractivity contribution in [1.29, 1.82) is 0 Å². The molecule has 1 aromatic carbocycles. The van der Waals surface area contributed by atoms with E-state index >= 15 is 0 Å². The molecular weight excluding hydrogens is 287 g/mol. The maximum atomic E-state index is 13.1. The second kappa shape index (κ2) is 5.63. The molecule has 1 aliphatic carbocycles. The second-order valence-corrected chi connectivity index (χ2v) is 5.28. The summed E-state index contributed by atoms with van der Waals surface area (Å²) in [6.07, 6.45) is 5.11. The van der Waals surface area contributed by atoms with E-state index < -0.39 is 5.82 Å². The van der Waals surface area contributed by atoms with Gasteiger partial charge in [0.25, 0.3) is 0 Å². The summed E-state index contributed by atoms with van der Waals surface area (Å²) in [6.45, 7) is 0. The SMILES string of the molecule is O=C(Oc1cc(F)cc(Br)c1)C1CCCCC1. The molecule has 4 heteroatoms. The van der Waals surface area contributed by atoms with E-state index in [1.807, 2.05) is 0 Å². The minimum atomic E-state index is -0.411. The van der Waals surface area contributed by atoms with Crippen LogP contribution in [0.15, 0.2) is 22.7 Å². The highest BCUT2D eigenvalue weighted by Gasteiger charge is 2.23. The zero-order valence-electron chi connectivity index (χ0n) is 9.42. The second-order valence-electron chi connectivity index (χ2n) is 4.36. The first-order valence-corrected chi connectivity index (χ1v) is 6.62. The van der Waals surface area contributed by atoms with Crippen molar-refractivity contribution >= 4 is 21.9 Å². The molecule has 17 heavy (non-hydrogen) atoms. The maximum Gasteiger partial charge on any atom is 0.314 e. The Morgan fingerprint density at radius 1 is 1.24 bits per heavy atom. The van der Waals surface area contributed by atoms with Gasteiger partial charge in [-0.2, -0.15) is 0 Å². The Kier molecular flexibility index (Phi) is 4.15. The smallest absolute Gasteiger partial charge is 0.314 e. The van der Waals surface area contributed by atoms with Gasteiger partial charge in [-0.05, 0) is 25.0 Å². The van der Waals surface area contributed by atoms with Crippen molar-refractivity contribution in [3.8, 4) is 5.75 Å². The van der Waals surface area contributed by atoms with E-state index in [9.17, 15) is 9.18 Å². The summed E-state index contributed by atoms with van der Waals surface area (Å²) >= 11 is 3.17. The summed E-state index contributed by atoms with van der Waals surface area (Å²) in [7, 11) is 0. The standard InChI is InChI=1S/C13H14BrFO2/c14-10-6-11(15)8-12(7-10)17-13(16)9-4-2-1-3-5-9/h6-9H,1-5H2. The Morgan fingerprint density at radius 3 is 2.59 bits per heavy atom. The molecule has 0 unspecified atom stereocenters. The third-order valence-corrected chi connectivity index (χ3v) is 3.45. The number of hydrogen-bond donors (Lipinski definition) is 0. The Morgan fingerprint density at radius 2 is 1.94 bits per heavy atom. The molecule has 2 rings (SSSR count). The number of rotatable bonds is 2. The molecule has 0 spiro atoms. The average Bonchev–Trinajstić information content (AvgIpc) is 2.28. The molecule has 0 aromatic heterocycles. The van der Waals surface area contributed by atoms with Crippen LogP contribution in [0.3, 0.4) is 0 Å². The molecule has 2 nitrogen and oxygen atoms in total. The molecule has 0 radical (unpaired) electrons. The van der Waals surface area contributed by atoms with Gasteiger partial charge in [0.15, 0.2) is 0 Å². The molecule has 0 atom stereocenters. The molecule has 1 aliphatic rings. The monoisotopic (exact) mass is 300 g/mol. The van der Waals surface area contributed by atoms with Crippen molar-refractivity contribution in [2.45, 2.75) is 32.1 Å². The fourth-order valence-electron chi connectivity index (χ4n) is 2.13. The molecule has 1 saturated carbocycles. The molecule has 0 aliphatic heterocycles. The van der Waals surface area contributed by atoms with Gasteiger partial charge in [-0.15, -0.1) is 0 Å². The average molecular weight is 301 g/mol. The van der Waals surface area contributed by atoms with Gasteiger partial charge in [0.05, 0.1) is 5.92 Å². The van der Waals surface area contributed by atoms with Crippen LogP contribution < -0.4 is 4.74 Å². The van der Waals surface area contributed by atoms with Crippen molar-refractivity contribution in [3.05, 3.63) is 28.5 Å². The van der Waals surface area contributed by atoms with E-state index in [1.165, 1.54) is 18.6 Å². The highest BCUT2D eigenvalue weighted by atomic mass is 79.9. The molecule has 0 N–H and O–H groups in total. The molecule has 0 bridgehead atoms.